The summed E-state index contributed by atoms with van der Waals surface area (Å²) in [7, 11) is 0. The van der Waals surface area contributed by atoms with Gasteiger partial charge in [-0.2, -0.15) is 0 Å². The number of hydrogen-bond acceptors (Lipinski definition) is 1. The summed E-state index contributed by atoms with van der Waals surface area (Å²) in [6, 6.07) is 3.21. The molecule has 1 aromatic rings. The number of halogens is 5. The molecule has 0 heterocycles. The Kier molecular flexibility index (Phi) is 4.68. The molecule has 1 rings (SSSR count). The van der Waals surface area contributed by atoms with Crippen LogP contribution in [0.3, 0.4) is 0 Å². The lowest BCUT2D eigenvalue weighted by Crippen LogP contribution is -2.14. The van der Waals surface area contributed by atoms with Gasteiger partial charge in [-0.05, 0) is 6.92 Å². The molecule has 1 atom stereocenters. The smallest absolute Gasteiger partial charge is 0.265 e. The van der Waals surface area contributed by atoms with Gasteiger partial charge < -0.3 is 0 Å². The van der Waals surface area contributed by atoms with Gasteiger partial charge in [-0.1, -0.05) is 34.1 Å². The normalized spacial score (nSPS) is 13.2. The lowest BCUT2D eigenvalue weighted by molar-refractivity contribution is 0.0973. The third-order valence-electron chi connectivity index (χ3n) is 2.22. The van der Waals surface area contributed by atoms with Gasteiger partial charge >= 0.3 is 0 Å². The van der Waals surface area contributed by atoms with Gasteiger partial charge in [0.2, 0.25) is 0 Å². The highest BCUT2D eigenvalue weighted by Gasteiger charge is 2.27. The van der Waals surface area contributed by atoms with Crippen molar-refractivity contribution in [2.75, 3.05) is 0 Å². The first-order valence-electron chi connectivity index (χ1n) is 4.73. The van der Waals surface area contributed by atoms with Gasteiger partial charge in [-0.25, -0.2) is 17.6 Å². The van der Waals surface area contributed by atoms with Gasteiger partial charge in [0, 0.05) is 16.7 Å². The van der Waals surface area contributed by atoms with Crippen LogP contribution in [-0.2, 0) is 0 Å². The molecule has 17 heavy (non-hydrogen) atoms. The molecule has 0 bridgehead atoms. The molecule has 0 radical (unpaired) electrons. The second kappa shape index (κ2) is 5.62. The molecule has 0 spiro atoms. The Morgan fingerprint density at radius 3 is 2.18 bits per heavy atom. The molecular formula is C11H9BrF4O. The molecule has 0 N–H and O–H groups in total. The van der Waals surface area contributed by atoms with E-state index in [1.807, 2.05) is 0 Å². The molecule has 94 valence electrons. The molecule has 6 heteroatoms. The number of carbonyl (C=O) groups excluding carboxylic acids is 1. The summed E-state index contributed by atoms with van der Waals surface area (Å²) in [4.78, 5) is 10.9. The highest BCUT2D eigenvalue weighted by molar-refractivity contribution is 9.10. The predicted molar refractivity (Wildman–Crippen MR) is 59.1 cm³/mol. The van der Waals surface area contributed by atoms with Crippen molar-refractivity contribution in [3.63, 3.8) is 0 Å². The molecule has 1 nitrogen and oxygen atoms in total. The molecule has 1 unspecified atom stereocenters. The quantitative estimate of drug-likeness (QED) is 0.453. The van der Waals surface area contributed by atoms with E-state index in [1.54, 1.807) is 0 Å². The van der Waals surface area contributed by atoms with E-state index >= 15 is 0 Å². The van der Waals surface area contributed by atoms with Crippen molar-refractivity contribution in [2.24, 2.45) is 0 Å². The van der Waals surface area contributed by atoms with Gasteiger partial charge in [0.05, 0.1) is 4.83 Å². The Hall–Kier alpha value is -0.910. The molecule has 0 aliphatic heterocycles. The maximum absolute atomic E-state index is 12.8. The van der Waals surface area contributed by atoms with Crippen molar-refractivity contribution in [2.45, 2.75) is 24.6 Å². The van der Waals surface area contributed by atoms with Crippen LogP contribution < -0.4 is 0 Å². The Balaban J connectivity index is 3.40. The Morgan fingerprint density at radius 2 is 1.76 bits per heavy atom. The average Bonchev–Trinajstić information content (AvgIpc) is 2.26. The molecule has 0 saturated carbocycles. The summed E-state index contributed by atoms with van der Waals surface area (Å²) in [6.45, 7) is 1.45. The van der Waals surface area contributed by atoms with E-state index in [4.69, 9.17) is 0 Å². The van der Waals surface area contributed by atoms with Crippen LogP contribution in [0.1, 0.15) is 41.3 Å². The van der Waals surface area contributed by atoms with Gasteiger partial charge in [0.25, 0.3) is 12.9 Å². The van der Waals surface area contributed by atoms with Crippen LogP contribution in [0.2, 0.25) is 0 Å². The number of ketones is 1. The van der Waals surface area contributed by atoms with Gasteiger partial charge in [0.1, 0.15) is 0 Å². The van der Waals surface area contributed by atoms with Crippen LogP contribution in [0.4, 0.5) is 17.6 Å². The van der Waals surface area contributed by atoms with E-state index in [-0.39, 0.29) is 5.56 Å². The molecule has 0 aromatic heterocycles. The molecule has 0 aliphatic rings. The van der Waals surface area contributed by atoms with Gasteiger partial charge in [0.15, 0.2) is 5.78 Å². The topological polar surface area (TPSA) is 17.1 Å². The Morgan fingerprint density at radius 1 is 1.18 bits per heavy atom. The van der Waals surface area contributed by atoms with Gasteiger partial charge in [-0.15, -0.1) is 0 Å². The Labute approximate surface area is 104 Å². The predicted octanol–water partition coefficient (Wildman–Crippen LogP) is 4.53. The van der Waals surface area contributed by atoms with Crippen molar-refractivity contribution in [3.8, 4) is 0 Å². The minimum absolute atomic E-state index is 0.359. The lowest BCUT2D eigenvalue weighted by Gasteiger charge is -2.13. The number of rotatable bonds is 4. The van der Waals surface area contributed by atoms with Crippen molar-refractivity contribution >= 4 is 21.7 Å². The van der Waals surface area contributed by atoms with E-state index in [0.717, 1.165) is 12.1 Å². The first kappa shape index (κ1) is 14.2. The molecule has 0 amide bonds. The molecule has 0 aliphatic carbocycles. The van der Waals surface area contributed by atoms with E-state index in [1.165, 1.54) is 13.0 Å². The largest absolute Gasteiger partial charge is 0.293 e. The fourth-order valence-corrected chi connectivity index (χ4v) is 1.69. The maximum atomic E-state index is 12.8. The highest BCUT2D eigenvalue weighted by Crippen LogP contribution is 2.33. The van der Waals surface area contributed by atoms with E-state index in [0.29, 0.717) is 0 Å². The summed E-state index contributed by atoms with van der Waals surface area (Å²) in [5, 5.41) is 0. The van der Waals surface area contributed by atoms with Crippen molar-refractivity contribution in [1.29, 1.82) is 0 Å². The zero-order valence-corrected chi connectivity index (χ0v) is 10.3. The minimum Gasteiger partial charge on any atom is -0.293 e. The van der Waals surface area contributed by atoms with Crippen LogP contribution in [0.15, 0.2) is 18.2 Å². The third kappa shape index (κ3) is 3.06. The zero-order valence-electron chi connectivity index (χ0n) is 8.76. The Bertz CT molecular complexity index is 418. The lowest BCUT2D eigenvalue weighted by atomic mass is 9.97. The van der Waals surface area contributed by atoms with Crippen LogP contribution in [0.25, 0.3) is 0 Å². The summed E-state index contributed by atoms with van der Waals surface area (Å²) in [5.41, 5.74) is -2.03. The molecule has 1 aromatic carbocycles. The van der Waals surface area contributed by atoms with Crippen molar-refractivity contribution in [1.82, 2.24) is 0 Å². The average molecular weight is 313 g/mol. The fraction of sp³-hybridized carbons (Fsp3) is 0.364. The number of benzene rings is 1. The first-order valence-corrected chi connectivity index (χ1v) is 5.65. The summed E-state index contributed by atoms with van der Waals surface area (Å²) in [5.74, 6) is -0.636. The second-order valence-corrected chi connectivity index (χ2v) is 4.76. The van der Waals surface area contributed by atoms with E-state index in [9.17, 15) is 22.4 Å². The summed E-state index contributed by atoms with van der Waals surface area (Å²) >= 11 is 2.94. The van der Waals surface area contributed by atoms with Crippen molar-refractivity contribution in [3.05, 3.63) is 34.9 Å². The number of alkyl halides is 5. The zero-order chi connectivity index (χ0) is 13.2. The monoisotopic (exact) mass is 312 g/mol. The fourth-order valence-electron chi connectivity index (χ4n) is 1.45. The van der Waals surface area contributed by atoms with Gasteiger partial charge in [-0.3, -0.25) is 4.79 Å². The molecular weight excluding hydrogens is 304 g/mol. The molecule has 0 fully saturated rings. The standard InChI is InChI=1S/C11H9BrF4O/c1-5(12)9(17)6-3-2-4-7(10(13)14)8(6)11(15)16/h2-5,10-11H,1H3. The first-order chi connectivity index (χ1) is 7.86. The van der Waals surface area contributed by atoms with Crippen LogP contribution in [-0.4, -0.2) is 10.6 Å². The number of hydrogen-bond donors (Lipinski definition) is 0. The third-order valence-corrected chi connectivity index (χ3v) is 2.64. The molecule has 0 saturated heterocycles. The van der Waals surface area contributed by atoms with E-state index in [2.05, 4.69) is 15.9 Å². The number of carbonyl (C=O) groups is 1. The summed E-state index contributed by atoms with van der Waals surface area (Å²) in [6.07, 6.45) is -6.14. The van der Waals surface area contributed by atoms with Crippen molar-refractivity contribution < 1.29 is 22.4 Å². The number of Topliss-reactive ketones (excluding diaryl/α,β-unsaturated/α-hetero) is 1. The highest BCUT2D eigenvalue weighted by atomic mass is 79.9. The second-order valence-electron chi connectivity index (χ2n) is 3.39. The van der Waals surface area contributed by atoms with E-state index < -0.39 is 34.6 Å². The van der Waals surface area contributed by atoms with Crippen LogP contribution >= 0.6 is 15.9 Å². The maximum Gasteiger partial charge on any atom is 0.265 e. The minimum atomic E-state index is -3.11. The van der Waals surface area contributed by atoms with Crippen LogP contribution in [0.5, 0.6) is 0 Å². The van der Waals surface area contributed by atoms with Crippen LogP contribution in [0, 0.1) is 0 Å². The SMILES string of the molecule is CC(Br)C(=O)c1cccc(C(F)F)c1C(F)F. The summed E-state index contributed by atoms with van der Waals surface area (Å²) < 4.78 is 50.7.